The van der Waals surface area contributed by atoms with Crippen molar-refractivity contribution in [3.05, 3.63) is 29.8 Å². The van der Waals surface area contributed by atoms with Crippen molar-refractivity contribution in [3.8, 4) is 5.75 Å². The van der Waals surface area contributed by atoms with E-state index in [0.717, 1.165) is 18.6 Å². The van der Waals surface area contributed by atoms with Crippen molar-refractivity contribution in [2.45, 2.75) is 44.8 Å². The Balaban J connectivity index is 1.68. The molecule has 94 valence electrons. The van der Waals surface area contributed by atoms with Gasteiger partial charge in [-0.05, 0) is 38.8 Å². The average molecular weight is 234 g/mol. The predicted molar refractivity (Wildman–Crippen MR) is 70.3 cm³/mol. The number of rotatable bonds is 5. The minimum absolute atomic E-state index is 0.369. The van der Waals surface area contributed by atoms with Gasteiger partial charge in [-0.15, -0.1) is 0 Å². The molecule has 0 aromatic heterocycles. The van der Waals surface area contributed by atoms with Gasteiger partial charge in [0, 0.05) is 18.1 Å². The monoisotopic (exact) mass is 234 g/mol. The Hall–Kier alpha value is -1.06. The first-order chi connectivity index (χ1) is 8.13. The van der Waals surface area contributed by atoms with Crippen LogP contribution in [0.15, 0.2) is 24.3 Å². The van der Waals surface area contributed by atoms with E-state index in [2.05, 4.69) is 31.3 Å². The average Bonchev–Trinajstić information content (AvgIpc) is 2.26. The number of hydrogen-bond acceptors (Lipinski definition) is 3. The second kappa shape index (κ2) is 5.52. The van der Waals surface area contributed by atoms with Crippen molar-refractivity contribution in [3.63, 3.8) is 0 Å². The summed E-state index contributed by atoms with van der Waals surface area (Å²) in [6.45, 7) is 4.93. The second-order valence-electron chi connectivity index (χ2n) is 5.12. The lowest BCUT2D eigenvalue weighted by atomic mass is 9.87. The molecule has 0 bridgehead atoms. The first-order valence-electron chi connectivity index (χ1n) is 6.34. The van der Waals surface area contributed by atoms with Crippen molar-refractivity contribution in [2.24, 2.45) is 5.73 Å². The fourth-order valence-corrected chi connectivity index (χ4v) is 2.10. The Bertz CT molecular complexity index is 344. The molecule has 1 aromatic rings. The fourth-order valence-electron chi connectivity index (χ4n) is 2.10. The highest BCUT2D eigenvalue weighted by Crippen LogP contribution is 2.18. The molecule has 1 saturated carbocycles. The van der Waals surface area contributed by atoms with E-state index in [1.807, 2.05) is 12.1 Å². The zero-order valence-electron chi connectivity index (χ0n) is 10.6. The molecule has 0 saturated heterocycles. The Labute approximate surface area is 103 Å². The third kappa shape index (κ3) is 3.72. The van der Waals surface area contributed by atoms with Crippen LogP contribution in [0.25, 0.3) is 0 Å². The molecule has 1 aliphatic rings. The summed E-state index contributed by atoms with van der Waals surface area (Å²) in [6, 6.07) is 9.52. The van der Waals surface area contributed by atoms with E-state index in [1.165, 1.54) is 5.56 Å². The van der Waals surface area contributed by atoms with Gasteiger partial charge in [0.05, 0.1) is 0 Å². The standard InChI is InChI=1S/C14H22N2O/c1-10-3-5-14(6-4-10)17-9-11(2)16-13-7-12(15)8-13/h3-6,11-13,16H,7-9,15H2,1-2H3. The molecule has 1 unspecified atom stereocenters. The quantitative estimate of drug-likeness (QED) is 0.817. The van der Waals surface area contributed by atoms with E-state index in [-0.39, 0.29) is 0 Å². The van der Waals surface area contributed by atoms with Crippen LogP contribution < -0.4 is 15.8 Å². The van der Waals surface area contributed by atoms with Crippen LogP contribution in [0.3, 0.4) is 0 Å². The maximum atomic E-state index is 5.75. The van der Waals surface area contributed by atoms with E-state index in [0.29, 0.717) is 24.7 Å². The Morgan fingerprint density at radius 3 is 2.59 bits per heavy atom. The van der Waals surface area contributed by atoms with E-state index < -0.39 is 0 Å². The van der Waals surface area contributed by atoms with Crippen LogP contribution >= 0.6 is 0 Å². The zero-order chi connectivity index (χ0) is 12.3. The molecule has 0 heterocycles. The van der Waals surface area contributed by atoms with Gasteiger partial charge < -0.3 is 15.8 Å². The zero-order valence-corrected chi connectivity index (χ0v) is 10.6. The Morgan fingerprint density at radius 1 is 1.35 bits per heavy atom. The summed E-state index contributed by atoms with van der Waals surface area (Å²) >= 11 is 0. The molecule has 1 aliphatic carbocycles. The highest BCUT2D eigenvalue weighted by atomic mass is 16.5. The molecule has 3 nitrogen and oxygen atoms in total. The molecule has 3 N–H and O–H groups in total. The summed E-state index contributed by atoms with van der Waals surface area (Å²) in [5, 5.41) is 3.52. The number of hydrogen-bond donors (Lipinski definition) is 2. The van der Waals surface area contributed by atoms with Crippen LogP contribution in [0.1, 0.15) is 25.3 Å². The molecule has 1 fully saturated rings. The normalized spacial score (nSPS) is 25.1. The SMILES string of the molecule is Cc1ccc(OCC(C)NC2CC(N)C2)cc1. The van der Waals surface area contributed by atoms with E-state index in [1.54, 1.807) is 0 Å². The topological polar surface area (TPSA) is 47.3 Å². The summed E-state index contributed by atoms with van der Waals surface area (Å²) in [6.07, 6.45) is 2.18. The Morgan fingerprint density at radius 2 is 2.00 bits per heavy atom. The van der Waals surface area contributed by atoms with Crippen molar-refractivity contribution in [1.82, 2.24) is 5.32 Å². The molecular formula is C14H22N2O. The molecule has 17 heavy (non-hydrogen) atoms. The molecule has 1 aromatic carbocycles. The molecule has 2 rings (SSSR count). The molecule has 0 spiro atoms. The maximum absolute atomic E-state index is 5.75. The minimum atomic E-state index is 0.369. The molecular weight excluding hydrogens is 212 g/mol. The van der Waals surface area contributed by atoms with Gasteiger partial charge in [0.2, 0.25) is 0 Å². The van der Waals surface area contributed by atoms with Gasteiger partial charge in [-0.25, -0.2) is 0 Å². The molecule has 3 heteroatoms. The number of nitrogens with two attached hydrogens (primary N) is 1. The molecule has 0 radical (unpaired) electrons. The lowest BCUT2D eigenvalue weighted by Gasteiger charge is -2.35. The Kier molecular flexibility index (Phi) is 4.02. The van der Waals surface area contributed by atoms with Crippen LogP contribution in [0.4, 0.5) is 0 Å². The van der Waals surface area contributed by atoms with Gasteiger partial charge >= 0.3 is 0 Å². The third-order valence-corrected chi connectivity index (χ3v) is 3.22. The number of benzene rings is 1. The maximum Gasteiger partial charge on any atom is 0.119 e. The van der Waals surface area contributed by atoms with Crippen molar-refractivity contribution in [1.29, 1.82) is 0 Å². The van der Waals surface area contributed by atoms with Gasteiger partial charge in [-0.3, -0.25) is 0 Å². The summed E-state index contributed by atoms with van der Waals surface area (Å²) < 4.78 is 5.73. The third-order valence-electron chi connectivity index (χ3n) is 3.22. The van der Waals surface area contributed by atoms with E-state index in [4.69, 9.17) is 10.5 Å². The van der Waals surface area contributed by atoms with E-state index in [9.17, 15) is 0 Å². The van der Waals surface area contributed by atoms with Gasteiger partial charge in [-0.1, -0.05) is 17.7 Å². The highest BCUT2D eigenvalue weighted by Gasteiger charge is 2.26. The molecule has 1 atom stereocenters. The van der Waals surface area contributed by atoms with Crippen LogP contribution in [0.2, 0.25) is 0 Å². The number of aryl methyl sites for hydroxylation is 1. The first kappa shape index (κ1) is 12.4. The lowest BCUT2D eigenvalue weighted by molar-refractivity contribution is 0.218. The summed E-state index contributed by atoms with van der Waals surface area (Å²) in [7, 11) is 0. The van der Waals surface area contributed by atoms with E-state index >= 15 is 0 Å². The fraction of sp³-hybridized carbons (Fsp3) is 0.571. The van der Waals surface area contributed by atoms with Crippen molar-refractivity contribution in [2.75, 3.05) is 6.61 Å². The lowest BCUT2D eigenvalue weighted by Crippen LogP contribution is -2.52. The van der Waals surface area contributed by atoms with Crippen molar-refractivity contribution >= 4 is 0 Å². The molecule has 0 amide bonds. The number of ether oxygens (including phenoxy) is 1. The summed E-state index contributed by atoms with van der Waals surface area (Å²) in [5.41, 5.74) is 7.01. The first-order valence-corrected chi connectivity index (χ1v) is 6.34. The number of nitrogens with one attached hydrogen (secondary N) is 1. The van der Waals surface area contributed by atoms with Crippen molar-refractivity contribution < 1.29 is 4.74 Å². The summed E-state index contributed by atoms with van der Waals surface area (Å²) in [4.78, 5) is 0. The predicted octanol–water partition coefficient (Wildman–Crippen LogP) is 1.84. The smallest absolute Gasteiger partial charge is 0.119 e. The second-order valence-corrected chi connectivity index (χ2v) is 5.12. The van der Waals surface area contributed by atoms with Gasteiger partial charge in [0.15, 0.2) is 0 Å². The van der Waals surface area contributed by atoms with Crippen LogP contribution in [-0.4, -0.2) is 24.7 Å². The van der Waals surface area contributed by atoms with Gasteiger partial charge in [0.25, 0.3) is 0 Å². The van der Waals surface area contributed by atoms with Crippen LogP contribution in [0, 0.1) is 6.92 Å². The van der Waals surface area contributed by atoms with Gasteiger partial charge in [-0.2, -0.15) is 0 Å². The van der Waals surface area contributed by atoms with Crippen LogP contribution in [-0.2, 0) is 0 Å². The highest BCUT2D eigenvalue weighted by molar-refractivity contribution is 5.26. The summed E-state index contributed by atoms with van der Waals surface area (Å²) in [5.74, 6) is 0.939. The molecule has 0 aliphatic heterocycles. The van der Waals surface area contributed by atoms with Gasteiger partial charge in [0.1, 0.15) is 12.4 Å². The largest absolute Gasteiger partial charge is 0.492 e. The van der Waals surface area contributed by atoms with Crippen LogP contribution in [0.5, 0.6) is 5.75 Å². The minimum Gasteiger partial charge on any atom is -0.492 e.